The minimum Gasteiger partial charge on any atom is -0.348 e. The number of carbonyl (C=O) groups excluding carboxylic acids is 1. The molecule has 0 radical (unpaired) electrons. The normalized spacial score (nSPS) is 10.2. The lowest BCUT2D eigenvalue weighted by molar-refractivity contribution is 0.0991. The number of rotatable bonds is 3. The van der Waals surface area contributed by atoms with E-state index >= 15 is 0 Å². The van der Waals surface area contributed by atoms with Gasteiger partial charge in [-0.3, -0.25) is 9.89 Å². The highest BCUT2D eigenvalue weighted by Gasteiger charge is 2.08. The lowest BCUT2D eigenvalue weighted by atomic mass is 10.2. The molecule has 0 saturated heterocycles. The molecule has 0 saturated carbocycles. The van der Waals surface area contributed by atoms with Crippen molar-refractivity contribution in [3.63, 3.8) is 0 Å². The number of H-pyrrole nitrogens is 2. The summed E-state index contributed by atoms with van der Waals surface area (Å²) >= 11 is 0. The standard InChI is InChI=1S/C8H8N4O/c13-7(6-4-11-12-5-6)3-8-9-1-2-10-8/h1-2,4-5H,3H2,(H,9,10)(H,11,12). The van der Waals surface area contributed by atoms with E-state index in [-0.39, 0.29) is 12.2 Å². The van der Waals surface area contributed by atoms with Crippen molar-refractivity contribution in [2.45, 2.75) is 6.42 Å². The summed E-state index contributed by atoms with van der Waals surface area (Å²) in [5.74, 6) is 0.676. The fourth-order valence-electron chi connectivity index (χ4n) is 1.05. The van der Waals surface area contributed by atoms with Crippen molar-refractivity contribution in [2.75, 3.05) is 0 Å². The van der Waals surface area contributed by atoms with Gasteiger partial charge in [0, 0.05) is 18.6 Å². The maximum absolute atomic E-state index is 11.5. The highest BCUT2D eigenvalue weighted by molar-refractivity contribution is 5.96. The number of nitrogens with one attached hydrogen (secondary N) is 2. The summed E-state index contributed by atoms with van der Waals surface area (Å²) in [6, 6.07) is 0. The van der Waals surface area contributed by atoms with Gasteiger partial charge in [0.1, 0.15) is 5.82 Å². The first kappa shape index (κ1) is 7.72. The Bertz CT molecular complexity index is 376. The van der Waals surface area contributed by atoms with Crippen LogP contribution in [-0.4, -0.2) is 25.9 Å². The van der Waals surface area contributed by atoms with E-state index in [4.69, 9.17) is 0 Å². The molecule has 5 heteroatoms. The third-order valence-electron chi connectivity index (χ3n) is 1.70. The smallest absolute Gasteiger partial charge is 0.173 e. The van der Waals surface area contributed by atoms with Crippen LogP contribution in [-0.2, 0) is 6.42 Å². The van der Waals surface area contributed by atoms with E-state index in [1.54, 1.807) is 18.6 Å². The molecule has 0 aliphatic carbocycles. The molecule has 0 aliphatic heterocycles. The molecule has 0 atom stereocenters. The lowest BCUT2D eigenvalue weighted by Gasteiger charge is -1.92. The van der Waals surface area contributed by atoms with Gasteiger partial charge in [0.2, 0.25) is 0 Å². The summed E-state index contributed by atoms with van der Waals surface area (Å²) < 4.78 is 0. The number of hydrogen-bond donors (Lipinski definition) is 2. The number of aromatic amines is 2. The monoisotopic (exact) mass is 176 g/mol. The topological polar surface area (TPSA) is 74.4 Å². The van der Waals surface area contributed by atoms with Gasteiger partial charge in [-0.15, -0.1) is 0 Å². The van der Waals surface area contributed by atoms with E-state index in [0.717, 1.165) is 0 Å². The predicted molar refractivity (Wildman–Crippen MR) is 45.2 cm³/mol. The van der Waals surface area contributed by atoms with Crippen LogP contribution in [0.15, 0.2) is 24.8 Å². The SMILES string of the molecule is O=C(Cc1ncc[nH]1)c1cn[nH]c1. The average molecular weight is 176 g/mol. The minimum atomic E-state index is 0.00343. The third-order valence-corrected chi connectivity index (χ3v) is 1.70. The van der Waals surface area contributed by atoms with Crippen LogP contribution in [0.2, 0.25) is 0 Å². The van der Waals surface area contributed by atoms with Crippen molar-refractivity contribution in [2.24, 2.45) is 0 Å². The first-order valence-electron chi connectivity index (χ1n) is 3.86. The van der Waals surface area contributed by atoms with Gasteiger partial charge in [0.25, 0.3) is 0 Å². The van der Waals surface area contributed by atoms with Crippen molar-refractivity contribution in [3.05, 3.63) is 36.2 Å². The van der Waals surface area contributed by atoms with E-state index < -0.39 is 0 Å². The van der Waals surface area contributed by atoms with Crippen LogP contribution in [0.1, 0.15) is 16.2 Å². The van der Waals surface area contributed by atoms with Crippen LogP contribution in [0, 0.1) is 0 Å². The number of carbonyl (C=O) groups is 1. The van der Waals surface area contributed by atoms with Gasteiger partial charge in [-0.25, -0.2) is 4.98 Å². The molecule has 2 aromatic heterocycles. The molecule has 0 aromatic carbocycles. The molecule has 2 rings (SSSR count). The number of aromatic nitrogens is 4. The third kappa shape index (κ3) is 1.64. The molecule has 2 heterocycles. The molecule has 0 unspecified atom stereocenters. The van der Waals surface area contributed by atoms with Gasteiger partial charge < -0.3 is 4.98 Å². The number of nitrogens with zero attached hydrogens (tertiary/aromatic N) is 2. The van der Waals surface area contributed by atoms with E-state index in [2.05, 4.69) is 20.2 Å². The lowest BCUT2D eigenvalue weighted by Crippen LogP contribution is -2.03. The fraction of sp³-hybridized carbons (Fsp3) is 0.125. The van der Waals surface area contributed by atoms with Gasteiger partial charge >= 0.3 is 0 Å². The van der Waals surface area contributed by atoms with Gasteiger partial charge in [-0.2, -0.15) is 5.10 Å². The fourth-order valence-corrected chi connectivity index (χ4v) is 1.05. The van der Waals surface area contributed by atoms with Gasteiger partial charge in [-0.05, 0) is 0 Å². The first-order valence-corrected chi connectivity index (χ1v) is 3.86. The van der Waals surface area contributed by atoms with Crippen LogP contribution in [0.3, 0.4) is 0 Å². The van der Waals surface area contributed by atoms with Crippen LogP contribution >= 0.6 is 0 Å². The summed E-state index contributed by atoms with van der Waals surface area (Å²) in [7, 11) is 0. The molecular formula is C8H8N4O. The second kappa shape index (κ2) is 3.22. The van der Waals surface area contributed by atoms with Gasteiger partial charge in [0.15, 0.2) is 5.78 Å². The van der Waals surface area contributed by atoms with E-state index in [1.165, 1.54) is 6.20 Å². The molecule has 0 fully saturated rings. The van der Waals surface area contributed by atoms with Gasteiger partial charge in [-0.1, -0.05) is 0 Å². The van der Waals surface area contributed by atoms with Gasteiger partial charge in [0.05, 0.1) is 18.2 Å². The number of Topliss-reactive ketones (excluding diaryl/α,β-unsaturated/α-hetero) is 1. The predicted octanol–water partition coefficient (Wildman–Crippen LogP) is 0.558. The largest absolute Gasteiger partial charge is 0.348 e. The van der Waals surface area contributed by atoms with Crippen LogP contribution < -0.4 is 0 Å². The minimum absolute atomic E-state index is 0.00343. The number of imidazole rings is 1. The Morgan fingerprint density at radius 1 is 1.54 bits per heavy atom. The van der Waals surface area contributed by atoms with Crippen LogP contribution in [0.25, 0.3) is 0 Å². The molecule has 13 heavy (non-hydrogen) atoms. The average Bonchev–Trinajstić information content (AvgIpc) is 2.74. The Kier molecular flexibility index (Phi) is 1.91. The number of ketones is 1. The molecule has 0 amide bonds. The van der Waals surface area contributed by atoms with Crippen LogP contribution in [0.4, 0.5) is 0 Å². The molecular weight excluding hydrogens is 168 g/mol. The summed E-state index contributed by atoms with van der Waals surface area (Å²) in [5.41, 5.74) is 0.580. The van der Waals surface area contributed by atoms with E-state index in [9.17, 15) is 4.79 Å². The van der Waals surface area contributed by atoms with Crippen molar-refractivity contribution in [1.29, 1.82) is 0 Å². The van der Waals surface area contributed by atoms with E-state index in [0.29, 0.717) is 11.4 Å². The second-order valence-electron chi connectivity index (χ2n) is 2.62. The molecule has 66 valence electrons. The second-order valence-corrected chi connectivity index (χ2v) is 2.62. The molecule has 0 aliphatic rings. The molecule has 2 N–H and O–H groups in total. The summed E-state index contributed by atoms with van der Waals surface area (Å²) in [6.45, 7) is 0. The highest BCUT2D eigenvalue weighted by atomic mass is 16.1. The summed E-state index contributed by atoms with van der Waals surface area (Å²) in [5, 5.41) is 6.28. The highest BCUT2D eigenvalue weighted by Crippen LogP contribution is 2.00. The first-order chi connectivity index (χ1) is 6.36. The van der Waals surface area contributed by atoms with Crippen molar-refractivity contribution >= 4 is 5.78 Å². The Morgan fingerprint density at radius 3 is 3.08 bits per heavy atom. The summed E-state index contributed by atoms with van der Waals surface area (Å²) in [6.07, 6.45) is 6.68. The maximum atomic E-state index is 11.5. The zero-order chi connectivity index (χ0) is 9.10. The Balaban J connectivity index is 2.08. The van der Waals surface area contributed by atoms with Crippen molar-refractivity contribution < 1.29 is 4.79 Å². The van der Waals surface area contributed by atoms with Crippen molar-refractivity contribution in [1.82, 2.24) is 20.2 Å². The quantitative estimate of drug-likeness (QED) is 0.671. The molecule has 0 bridgehead atoms. The van der Waals surface area contributed by atoms with Crippen molar-refractivity contribution in [3.8, 4) is 0 Å². The molecule has 5 nitrogen and oxygen atoms in total. The molecule has 2 aromatic rings. The maximum Gasteiger partial charge on any atom is 0.173 e. The summed E-state index contributed by atoms with van der Waals surface area (Å²) in [4.78, 5) is 18.3. The zero-order valence-corrected chi connectivity index (χ0v) is 6.82. The zero-order valence-electron chi connectivity index (χ0n) is 6.82. The number of hydrogen-bond acceptors (Lipinski definition) is 3. The van der Waals surface area contributed by atoms with Crippen LogP contribution in [0.5, 0.6) is 0 Å². The Labute approximate surface area is 74.2 Å². The Morgan fingerprint density at radius 2 is 2.46 bits per heavy atom. The molecule has 0 spiro atoms. The Hall–Kier alpha value is -1.91. The van der Waals surface area contributed by atoms with E-state index in [1.807, 2.05) is 0 Å².